The van der Waals surface area contributed by atoms with Crippen molar-refractivity contribution < 1.29 is 4.74 Å². The molecule has 1 fully saturated rings. The number of aromatic nitrogens is 2. The summed E-state index contributed by atoms with van der Waals surface area (Å²) in [5, 5.41) is 0. The molecule has 0 amide bonds. The summed E-state index contributed by atoms with van der Waals surface area (Å²) in [7, 11) is 0. The second-order valence-corrected chi connectivity index (χ2v) is 4.18. The van der Waals surface area contributed by atoms with Gasteiger partial charge in [-0.1, -0.05) is 0 Å². The zero-order valence-electron chi connectivity index (χ0n) is 6.53. The van der Waals surface area contributed by atoms with Gasteiger partial charge in [0.05, 0.1) is 6.61 Å². The van der Waals surface area contributed by atoms with Crippen molar-refractivity contribution in [3.63, 3.8) is 0 Å². The van der Waals surface area contributed by atoms with Crippen LogP contribution < -0.4 is 4.74 Å². The topological polar surface area (TPSA) is 35.0 Å². The fraction of sp³-hybridized carbons (Fsp3) is 0.500. The third kappa shape index (κ3) is 2.30. The van der Waals surface area contributed by atoms with E-state index in [2.05, 4.69) is 32.6 Å². The first-order chi connectivity index (χ1) is 5.84. The van der Waals surface area contributed by atoms with Gasteiger partial charge in [0, 0.05) is 16.0 Å². The van der Waals surface area contributed by atoms with E-state index < -0.39 is 0 Å². The van der Waals surface area contributed by atoms with Crippen LogP contribution in [0.2, 0.25) is 0 Å². The van der Waals surface area contributed by atoms with Crippen LogP contribution in [-0.4, -0.2) is 16.6 Å². The van der Waals surface area contributed by atoms with Crippen LogP contribution in [0, 0.1) is 9.49 Å². The van der Waals surface area contributed by atoms with Gasteiger partial charge in [-0.2, -0.15) is 0 Å². The first-order valence-corrected chi connectivity index (χ1v) is 5.03. The second kappa shape index (κ2) is 3.55. The van der Waals surface area contributed by atoms with E-state index in [1.807, 2.05) is 0 Å². The average molecular weight is 276 g/mol. The van der Waals surface area contributed by atoms with Crippen molar-refractivity contribution >= 4 is 22.6 Å². The van der Waals surface area contributed by atoms with Crippen LogP contribution in [0.1, 0.15) is 12.8 Å². The first kappa shape index (κ1) is 8.22. The summed E-state index contributed by atoms with van der Waals surface area (Å²) in [6.45, 7) is 0.778. The molecular weight excluding hydrogens is 267 g/mol. The highest BCUT2D eigenvalue weighted by atomic mass is 127. The summed E-state index contributed by atoms with van der Waals surface area (Å²) in [5.74, 6) is 0.757. The molecule has 0 bridgehead atoms. The third-order valence-electron chi connectivity index (χ3n) is 1.74. The number of hydrogen-bond acceptors (Lipinski definition) is 3. The van der Waals surface area contributed by atoms with Crippen LogP contribution in [0.15, 0.2) is 12.4 Å². The largest absolute Gasteiger partial charge is 0.463 e. The lowest BCUT2D eigenvalue weighted by Crippen LogP contribution is -2.02. The van der Waals surface area contributed by atoms with Gasteiger partial charge in [-0.15, -0.1) is 0 Å². The van der Waals surface area contributed by atoms with E-state index in [0.717, 1.165) is 16.1 Å². The third-order valence-corrected chi connectivity index (χ3v) is 2.30. The molecule has 1 heterocycles. The van der Waals surface area contributed by atoms with Crippen LogP contribution in [0.4, 0.5) is 0 Å². The van der Waals surface area contributed by atoms with Gasteiger partial charge in [0.15, 0.2) is 0 Å². The lowest BCUT2D eigenvalue weighted by Gasteiger charge is -2.01. The molecule has 3 nitrogen and oxygen atoms in total. The molecule has 12 heavy (non-hydrogen) atoms. The molecular formula is C8H9IN2O. The molecule has 4 heteroatoms. The molecule has 1 aromatic heterocycles. The van der Waals surface area contributed by atoms with Gasteiger partial charge >= 0.3 is 6.01 Å². The van der Waals surface area contributed by atoms with Crippen LogP contribution in [0.25, 0.3) is 0 Å². The molecule has 0 spiro atoms. The second-order valence-electron chi connectivity index (χ2n) is 2.94. The standard InChI is InChI=1S/C8H9IN2O/c9-7-3-10-8(11-4-7)12-5-6-1-2-6/h3-4,6H,1-2,5H2. The zero-order valence-corrected chi connectivity index (χ0v) is 8.69. The van der Waals surface area contributed by atoms with Gasteiger partial charge in [0.1, 0.15) is 0 Å². The minimum Gasteiger partial charge on any atom is -0.463 e. The fourth-order valence-electron chi connectivity index (χ4n) is 0.852. The van der Waals surface area contributed by atoms with Crippen molar-refractivity contribution in [2.45, 2.75) is 12.8 Å². The number of halogens is 1. The minimum atomic E-state index is 0.502. The van der Waals surface area contributed by atoms with Crippen molar-refractivity contribution in [1.82, 2.24) is 9.97 Å². The SMILES string of the molecule is Ic1cnc(OCC2CC2)nc1. The predicted molar refractivity (Wildman–Crippen MR) is 53.0 cm³/mol. The highest BCUT2D eigenvalue weighted by molar-refractivity contribution is 14.1. The fourth-order valence-corrected chi connectivity index (χ4v) is 1.13. The van der Waals surface area contributed by atoms with E-state index in [1.165, 1.54) is 12.8 Å². The Morgan fingerprint density at radius 3 is 2.67 bits per heavy atom. The molecule has 1 aromatic rings. The van der Waals surface area contributed by atoms with Crippen molar-refractivity contribution in [2.24, 2.45) is 5.92 Å². The summed E-state index contributed by atoms with van der Waals surface area (Å²) in [6.07, 6.45) is 6.11. The number of hydrogen-bond donors (Lipinski definition) is 0. The van der Waals surface area contributed by atoms with Gasteiger partial charge in [-0.3, -0.25) is 0 Å². The van der Waals surface area contributed by atoms with Gasteiger partial charge in [0.25, 0.3) is 0 Å². The van der Waals surface area contributed by atoms with Crippen LogP contribution in [0.3, 0.4) is 0 Å². The Kier molecular flexibility index (Phi) is 2.43. The lowest BCUT2D eigenvalue weighted by molar-refractivity contribution is 0.276. The highest BCUT2D eigenvalue weighted by Gasteiger charge is 2.22. The molecule has 0 radical (unpaired) electrons. The van der Waals surface area contributed by atoms with Crippen molar-refractivity contribution in [2.75, 3.05) is 6.61 Å². The molecule has 1 aliphatic rings. The first-order valence-electron chi connectivity index (χ1n) is 3.95. The summed E-state index contributed by atoms with van der Waals surface area (Å²) in [5.41, 5.74) is 0. The number of nitrogens with zero attached hydrogens (tertiary/aromatic N) is 2. The van der Waals surface area contributed by atoms with E-state index in [1.54, 1.807) is 12.4 Å². The maximum absolute atomic E-state index is 5.36. The summed E-state index contributed by atoms with van der Waals surface area (Å²) >= 11 is 2.17. The quantitative estimate of drug-likeness (QED) is 0.790. The molecule has 2 rings (SSSR count). The Bertz CT molecular complexity index is 258. The lowest BCUT2D eigenvalue weighted by atomic mass is 10.5. The normalized spacial score (nSPS) is 16.1. The highest BCUT2D eigenvalue weighted by Crippen LogP contribution is 2.28. The molecule has 0 N–H and O–H groups in total. The zero-order chi connectivity index (χ0) is 8.39. The van der Waals surface area contributed by atoms with Crippen LogP contribution in [-0.2, 0) is 0 Å². The average Bonchev–Trinajstić information content (AvgIpc) is 2.87. The van der Waals surface area contributed by atoms with Crippen LogP contribution >= 0.6 is 22.6 Å². The Morgan fingerprint density at radius 2 is 2.08 bits per heavy atom. The van der Waals surface area contributed by atoms with E-state index >= 15 is 0 Å². The van der Waals surface area contributed by atoms with Crippen LogP contribution in [0.5, 0.6) is 6.01 Å². The van der Waals surface area contributed by atoms with Crippen molar-refractivity contribution in [3.05, 3.63) is 16.0 Å². The van der Waals surface area contributed by atoms with Gasteiger partial charge < -0.3 is 4.74 Å². The smallest absolute Gasteiger partial charge is 0.316 e. The van der Waals surface area contributed by atoms with E-state index in [-0.39, 0.29) is 0 Å². The molecule has 0 atom stereocenters. The maximum atomic E-state index is 5.36. The Balaban J connectivity index is 1.89. The van der Waals surface area contributed by atoms with Gasteiger partial charge in [-0.25, -0.2) is 9.97 Å². The molecule has 1 saturated carbocycles. The molecule has 0 aliphatic heterocycles. The number of ether oxygens (including phenoxy) is 1. The number of rotatable bonds is 3. The van der Waals surface area contributed by atoms with E-state index in [0.29, 0.717) is 6.01 Å². The molecule has 64 valence electrons. The molecule has 1 aliphatic carbocycles. The summed E-state index contributed by atoms with van der Waals surface area (Å²) in [4.78, 5) is 8.07. The summed E-state index contributed by atoms with van der Waals surface area (Å²) < 4.78 is 6.39. The Labute approximate surface area is 84.7 Å². The van der Waals surface area contributed by atoms with Gasteiger partial charge in [0.2, 0.25) is 0 Å². The minimum absolute atomic E-state index is 0.502. The van der Waals surface area contributed by atoms with Gasteiger partial charge in [-0.05, 0) is 41.4 Å². The van der Waals surface area contributed by atoms with E-state index in [4.69, 9.17) is 4.74 Å². The molecule has 0 saturated heterocycles. The monoisotopic (exact) mass is 276 g/mol. The Morgan fingerprint density at radius 1 is 1.42 bits per heavy atom. The summed E-state index contributed by atoms with van der Waals surface area (Å²) in [6, 6.07) is 0.502. The van der Waals surface area contributed by atoms with Crippen molar-refractivity contribution in [1.29, 1.82) is 0 Å². The predicted octanol–water partition coefficient (Wildman–Crippen LogP) is 1.87. The molecule has 0 unspecified atom stereocenters. The Hall–Kier alpha value is -0.390. The van der Waals surface area contributed by atoms with Crippen molar-refractivity contribution in [3.8, 4) is 6.01 Å². The molecule has 0 aromatic carbocycles. The van der Waals surface area contributed by atoms with E-state index in [9.17, 15) is 0 Å². The maximum Gasteiger partial charge on any atom is 0.316 e.